The van der Waals surface area contributed by atoms with Crippen LogP contribution in [0.25, 0.3) is 131 Å². The smallest absolute Gasteiger partial charge is 0.165 e. The van der Waals surface area contributed by atoms with Gasteiger partial charge in [0.25, 0.3) is 0 Å². The Morgan fingerprint density at radius 1 is 0.300 bits per heavy atom. The van der Waals surface area contributed by atoms with E-state index in [1.807, 2.05) is 0 Å². The molecule has 2 aliphatic heterocycles. The van der Waals surface area contributed by atoms with Crippen LogP contribution >= 0.6 is 45.3 Å². The van der Waals surface area contributed by atoms with E-state index in [1.165, 1.54) is 0 Å². The molecule has 0 fully saturated rings. The second-order valence-electron chi connectivity index (χ2n) is 14.4. The third-order valence-corrected chi connectivity index (χ3v) is 14.7. The van der Waals surface area contributed by atoms with Gasteiger partial charge in [0.15, 0.2) is 23.3 Å². The van der Waals surface area contributed by atoms with E-state index in [4.69, 9.17) is 29.9 Å². The minimum Gasteiger partial charge on any atom is -0.324 e. The zero-order valence-electron chi connectivity index (χ0n) is 31.2. The summed E-state index contributed by atoms with van der Waals surface area (Å²) >= 11 is 6.79. The van der Waals surface area contributed by atoms with Gasteiger partial charge in [0.1, 0.15) is 22.6 Å². The van der Waals surface area contributed by atoms with Crippen LogP contribution in [-0.2, 0) is 0 Å². The summed E-state index contributed by atoms with van der Waals surface area (Å²) in [7, 11) is 0. The topological polar surface area (TPSA) is 109 Å². The average Bonchev–Trinajstić information content (AvgIpc) is 4.12. The molecule has 9 heterocycles. The molecule has 0 atom stereocenters. The van der Waals surface area contributed by atoms with Gasteiger partial charge in [-0.3, -0.25) is 0 Å². The van der Waals surface area contributed by atoms with Crippen LogP contribution in [0.4, 0.5) is 0 Å². The summed E-state index contributed by atoms with van der Waals surface area (Å²) in [5.41, 5.74) is 10.6. The first kappa shape index (κ1) is 34.0. The highest BCUT2D eigenvalue weighted by Crippen LogP contribution is 2.46. The lowest BCUT2D eigenvalue weighted by atomic mass is 10.0. The quantitative estimate of drug-likeness (QED) is 0.183. The van der Waals surface area contributed by atoms with Crippen molar-refractivity contribution in [3.8, 4) is 87.3 Å². The molecule has 0 saturated heterocycles. The zero-order chi connectivity index (χ0) is 39.3. The molecule has 0 radical (unpaired) electrons. The summed E-state index contributed by atoms with van der Waals surface area (Å²) < 4.78 is 0. The summed E-state index contributed by atoms with van der Waals surface area (Å²) in [6, 6.07) is 42.2. The summed E-state index contributed by atoms with van der Waals surface area (Å²) in [6.45, 7) is 0. The maximum absolute atomic E-state index is 5.43. The van der Waals surface area contributed by atoms with Crippen LogP contribution < -0.4 is 0 Å². The third kappa shape index (κ3) is 5.18. The number of nitrogens with one attached hydrogen (secondary N) is 2. The van der Waals surface area contributed by atoms with Crippen LogP contribution in [0.2, 0.25) is 0 Å². The molecule has 2 aliphatic rings. The maximum Gasteiger partial charge on any atom is 0.165 e. The Morgan fingerprint density at radius 2 is 0.650 bits per heavy atom. The van der Waals surface area contributed by atoms with Gasteiger partial charge >= 0.3 is 0 Å². The molecule has 8 nitrogen and oxygen atoms in total. The number of rotatable bonds is 4. The van der Waals surface area contributed by atoms with Crippen molar-refractivity contribution in [2.75, 3.05) is 0 Å². The predicted octanol–water partition coefficient (Wildman–Crippen LogP) is 13.8. The van der Waals surface area contributed by atoms with Crippen LogP contribution in [0.15, 0.2) is 143 Å². The number of hydrogen-bond acceptors (Lipinski definition) is 10. The second-order valence-corrected chi connectivity index (χ2v) is 18.2. The fraction of sp³-hybridized carbons (Fsp3) is 0. The lowest BCUT2D eigenvalue weighted by Gasteiger charge is -2.06. The highest BCUT2D eigenvalue weighted by Gasteiger charge is 2.27. The van der Waals surface area contributed by atoms with Crippen LogP contribution in [-0.4, -0.2) is 39.9 Å². The number of aromatic nitrogens is 8. The van der Waals surface area contributed by atoms with Crippen molar-refractivity contribution in [3.05, 3.63) is 143 Å². The van der Waals surface area contributed by atoms with Crippen LogP contribution in [0.1, 0.15) is 0 Å². The monoisotopic (exact) mass is 842 g/mol. The third-order valence-electron chi connectivity index (χ3n) is 11.1. The van der Waals surface area contributed by atoms with Gasteiger partial charge in [0.05, 0.1) is 0 Å². The van der Waals surface area contributed by atoms with Gasteiger partial charge in [-0.15, -0.1) is 45.3 Å². The minimum absolute atomic E-state index is 0.573. The molecule has 11 aromatic rings. The van der Waals surface area contributed by atoms with Gasteiger partial charge in [0, 0.05) is 85.6 Å². The first-order valence-electron chi connectivity index (χ1n) is 19.2. The Balaban J connectivity index is 1.23. The van der Waals surface area contributed by atoms with Crippen LogP contribution in [0.3, 0.4) is 0 Å². The fourth-order valence-electron chi connectivity index (χ4n) is 8.53. The van der Waals surface area contributed by atoms with Crippen LogP contribution in [0.5, 0.6) is 0 Å². The van der Waals surface area contributed by atoms with Crippen molar-refractivity contribution in [2.24, 2.45) is 0 Å². The molecular weight excluding hydrogens is 817 g/mol. The number of benzene rings is 4. The molecule has 60 heavy (non-hydrogen) atoms. The molecule has 0 amide bonds. The lowest BCUT2D eigenvalue weighted by molar-refractivity contribution is 1.19. The van der Waals surface area contributed by atoms with Crippen molar-refractivity contribution < 1.29 is 0 Å². The standard InChI is InChI=1S/C48H26N8S4/c1-9-25(33-17-5-21-57-33)37-29(13-1)41-49-45(37)54-42-31-15-3-11-27(35-19-7-23-59-35)39(31)47(51-42)56-44-32-16-4-12-28(36-20-8-24-60-36)40(32)48(52-44)55-43-30-14-2-10-26(34-18-6-22-58-34)38(30)46(50-43)53-41/h1-24H,(H2,49,50,51,52,53,54,55,56). The summed E-state index contributed by atoms with van der Waals surface area (Å²) in [4.78, 5) is 44.2. The summed E-state index contributed by atoms with van der Waals surface area (Å²) in [6.07, 6.45) is 0. The molecule has 13 rings (SSSR count). The van der Waals surface area contributed by atoms with E-state index in [0.29, 0.717) is 45.9 Å². The highest BCUT2D eigenvalue weighted by molar-refractivity contribution is 7.14. The molecule has 0 unspecified atom stereocenters. The first-order valence-corrected chi connectivity index (χ1v) is 22.8. The van der Waals surface area contributed by atoms with Gasteiger partial charge < -0.3 is 9.97 Å². The fourth-order valence-corrected chi connectivity index (χ4v) is 11.6. The molecule has 2 N–H and O–H groups in total. The largest absolute Gasteiger partial charge is 0.324 e. The van der Waals surface area contributed by atoms with Gasteiger partial charge in [0.2, 0.25) is 0 Å². The maximum atomic E-state index is 5.43. The Labute approximate surface area is 357 Å². The number of aromatic amines is 2. The summed E-state index contributed by atoms with van der Waals surface area (Å²) in [5.74, 6) is 2.30. The van der Waals surface area contributed by atoms with E-state index in [0.717, 1.165) is 85.6 Å². The molecule has 4 aromatic carbocycles. The second kappa shape index (κ2) is 13.3. The molecule has 8 bridgehead atoms. The Morgan fingerprint density at radius 3 is 1.05 bits per heavy atom. The van der Waals surface area contributed by atoms with E-state index in [2.05, 4.69) is 153 Å². The normalized spacial score (nSPS) is 12.0. The Kier molecular flexibility index (Phi) is 7.52. The van der Waals surface area contributed by atoms with Gasteiger partial charge in [-0.2, -0.15) is 0 Å². The van der Waals surface area contributed by atoms with E-state index in [1.54, 1.807) is 45.3 Å². The summed E-state index contributed by atoms with van der Waals surface area (Å²) in [5, 5.41) is 12.2. The van der Waals surface area contributed by atoms with Gasteiger partial charge in [-0.25, -0.2) is 29.9 Å². The molecule has 0 aliphatic carbocycles. The van der Waals surface area contributed by atoms with Crippen molar-refractivity contribution in [2.45, 2.75) is 0 Å². The first-order chi connectivity index (χ1) is 29.7. The lowest BCUT2D eigenvalue weighted by Crippen LogP contribution is -1.86. The van der Waals surface area contributed by atoms with E-state index in [-0.39, 0.29) is 0 Å². The molecule has 7 aromatic heterocycles. The molecular formula is C48H26N8S4. The van der Waals surface area contributed by atoms with Crippen molar-refractivity contribution >= 4 is 89.5 Å². The SMILES string of the molecule is c1csc(-c2cccc3c2-c2nc-3nc3[nH]c(nc4nc(nc5[nH]c(n2)c2cccc(-c6cccs6)c52)-c2cccc(-c5cccs5)c2-4)c2cccc(-c4cccs4)c32)c1. The van der Waals surface area contributed by atoms with Gasteiger partial charge in [-0.1, -0.05) is 97.1 Å². The number of hydrogen-bond donors (Lipinski definition) is 2. The van der Waals surface area contributed by atoms with Gasteiger partial charge in [-0.05, 0) is 45.8 Å². The van der Waals surface area contributed by atoms with Crippen LogP contribution in [0, 0.1) is 0 Å². The number of thiophene rings is 4. The van der Waals surface area contributed by atoms with Crippen molar-refractivity contribution in [3.63, 3.8) is 0 Å². The molecule has 282 valence electrons. The minimum atomic E-state index is 0.573. The van der Waals surface area contributed by atoms with E-state index < -0.39 is 0 Å². The molecule has 0 saturated carbocycles. The average molecular weight is 843 g/mol. The Bertz CT molecular complexity index is 3410. The molecule has 12 heteroatoms. The van der Waals surface area contributed by atoms with Crippen molar-refractivity contribution in [1.29, 1.82) is 0 Å². The van der Waals surface area contributed by atoms with E-state index in [9.17, 15) is 0 Å². The Hall–Kier alpha value is -6.96. The number of fused-ring (bicyclic) bond motifs is 20. The highest BCUT2D eigenvalue weighted by atomic mass is 32.1. The zero-order valence-corrected chi connectivity index (χ0v) is 34.4. The molecule has 0 spiro atoms. The number of nitrogens with zero attached hydrogens (tertiary/aromatic N) is 6. The predicted molar refractivity (Wildman–Crippen MR) is 249 cm³/mol. The van der Waals surface area contributed by atoms with Crippen molar-refractivity contribution in [1.82, 2.24) is 39.9 Å². The number of H-pyrrole nitrogens is 2. The van der Waals surface area contributed by atoms with E-state index >= 15 is 0 Å².